The third kappa shape index (κ3) is 6.38. The molecule has 0 saturated carbocycles. The van der Waals surface area contributed by atoms with Crippen LogP contribution in [-0.2, 0) is 4.79 Å². The van der Waals surface area contributed by atoms with Crippen molar-refractivity contribution in [3.63, 3.8) is 0 Å². The standard InChI is InChI=1S/C12H25NO2S/c1-4-12(5-2,16-3)10-13-9-7-6-8-11(14)15/h13H,4-10H2,1-3H3,(H,14,15). The monoisotopic (exact) mass is 247 g/mol. The van der Waals surface area contributed by atoms with Gasteiger partial charge in [0.1, 0.15) is 0 Å². The van der Waals surface area contributed by atoms with E-state index in [1.165, 1.54) is 12.8 Å². The first-order valence-corrected chi connectivity index (χ1v) is 7.30. The average Bonchev–Trinajstić information content (AvgIpc) is 2.29. The number of hydrogen-bond donors (Lipinski definition) is 2. The maximum atomic E-state index is 10.3. The van der Waals surface area contributed by atoms with Gasteiger partial charge in [0, 0.05) is 17.7 Å². The topological polar surface area (TPSA) is 49.3 Å². The van der Waals surface area contributed by atoms with Gasteiger partial charge in [0.05, 0.1) is 0 Å². The molecule has 3 nitrogen and oxygen atoms in total. The van der Waals surface area contributed by atoms with Crippen molar-refractivity contribution in [2.75, 3.05) is 19.3 Å². The zero-order chi connectivity index (χ0) is 12.4. The van der Waals surface area contributed by atoms with Crippen molar-refractivity contribution in [3.05, 3.63) is 0 Å². The number of hydrogen-bond acceptors (Lipinski definition) is 3. The molecule has 0 unspecified atom stereocenters. The van der Waals surface area contributed by atoms with Crippen molar-refractivity contribution >= 4 is 17.7 Å². The minimum atomic E-state index is -0.694. The van der Waals surface area contributed by atoms with Gasteiger partial charge in [-0.05, 0) is 38.5 Å². The van der Waals surface area contributed by atoms with Crippen LogP contribution in [0.1, 0.15) is 46.0 Å². The second-order valence-electron chi connectivity index (χ2n) is 4.12. The second-order valence-corrected chi connectivity index (χ2v) is 5.40. The summed E-state index contributed by atoms with van der Waals surface area (Å²) in [5.74, 6) is -0.694. The third-order valence-corrected chi connectivity index (χ3v) is 4.75. The zero-order valence-electron chi connectivity index (χ0n) is 10.7. The Hall–Kier alpha value is -0.220. The number of carbonyl (C=O) groups is 1. The van der Waals surface area contributed by atoms with E-state index in [0.29, 0.717) is 4.75 Å². The zero-order valence-corrected chi connectivity index (χ0v) is 11.5. The number of nitrogens with one attached hydrogen (secondary N) is 1. The molecule has 0 aliphatic heterocycles. The number of thioether (sulfide) groups is 1. The van der Waals surface area contributed by atoms with E-state index in [1.54, 1.807) is 0 Å². The predicted molar refractivity (Wildman–Crippen MR) is 71.2 cm³/mol. The Kier molecular flexibility index (Phi) is 8.76. The Balaban J connectivity index is 3.59. The van der Waals surface area contributed by atoms with Crippen LogP contribution in [0.2, 0.25) is 0 Å². The van der Waals surface area contributed by atoms with Crippen molar-refractivity contribution in [1.29, 1.82) is 0 Å². The first kappa shape index (κ1) is 15.8. The number of carboxylic acids is 1. The lowest BCUT2D eigenvalue weighted by atomic mass is 10.0. The summed E-state index contributed by atoms with van der Waals surface area (Å²) in [7, 11) is 0. The Morgan fingerprint density at radius 3 is 2.38 bits per heavy atom. The Morgan fingerprint density at radius 1 is 1.31 bits per heavy atom. The average molecular weight is 247 g/mol. The molecule has 0 heterocycles. The molecule has 0 spiro atoms. The SMILES string of the molecule is CCC(CC)(CNCCCCC(=O)O)SC. The molecule has 16 heavy (non-hydrogen) atoms. The highest BCUT2D eigenvalue weighted by Crippen LogP contribution is 2.29. The fourth-order valence-corrected chi connectivity index (χ4v) is 2.53. The van der Waals surface area contributed by atoms with Crippen molar-refractivity contribution < 1.29 is 9.90 Å². The summed E-state index contributed by atoms with van der Waals surface area (Å²) >= 11 is 1.93. The summed E-state index contributed by atoms with van der Waals surface area (Å²) in [6, 6.07) is 0. The van der Waals surface area contributed by atoms with Crippen LogP contribution in [-0.4, -0.2) is 35.2 Å². The molecule has 96 valence electrons. The molecule has 0 saturated heterocycles. The van der Waals surface area contributed by atoms with Gasteiger partial charge in [0.15, 0.2) is 0 Å². The van der Waals surface area contributed by atoms with Crippen LogP contribution >= 0.6 is 11.8 Å². The lowest BCUT2D eigenvalue weighted by Gasteiger charge is -2.30. The smallest absolute Gasteiger partial charge is 0.303 e. The highest BCUT2D eigenvalue weighted by molar-refractivity contribution is 8.00. The summed E-state index contributed by atoms with van der Waals surface area (Å²) < 4.78 is 0.354. The highest BCUT2D eigenvalue weighted by Gasteiger charge is 2.23. The molecule has 0 aliphatic carbocycles. The minimum Gasteiger partial charge on any atom is -0.481 e. The van der Waals surface area contributed by atoms with E-state index >= 15 is 0 Å². The van der Waals surface area contributed by atoms with Gasteiger partial charge in [-0.1, -0.05) is 13.8 Å². The minimum absolute atomic E-state index is 0.289. The first-order chi connectivity index (χ1) is 7.60. The molecule has 0 aromatic heterocycles. The highest BCUT2D eigenvalue weighted by atomic mass is 32.2. The molecule has 4 heteroatoms. The summed E-state index contributed by atoms with van der Waals surface area (Å²) in [6.45, 7) is 6.40. The number of unbranched alkanes of at least 4 members (excludes halogenated alkanes) is 1. The Labute approximate surface area is 103 Å². The fraction of sp³-hybridized carbons (Fsp3) is 0.917. The molecule has 0 radical (unpaired) electrons. The van der Waals surface area contributed by atoms with Gasteiger partial charge in [-0.25, -0.2) is 0 Å². The number of rotatable bonds is 10. The predicted octanol–water partition coefficient (Wildman–Crippen LogP) is 2.75. The van der Waals surface area contributed by atoms with Gasteiger partial charge >= 0.3 is 5.97 Å². The van der Waals surface area contributed by atoms with E-state index in [0.717, 1.165) is 25.9 Å². The van der Waals surface area contributed by atoms with E-state index in [2.05, 4.69) is 25.4 Å². The van der Waals surface area contributed by atoms with Crippen molar-refractivity contribution in [1.82, 2.24) is 5.32 Å². The van der Waals surface area contributed by atoms with Gasteiger partial charge in [-0.2, -0.15) is 11.8 Å². The molecule has 0 aliphatic rings. The Bertz CT molecular complexity index is 185. The van der Waals surface area contributed by atoms with E-state index in [1.807, 2.05) is 11.8 Å². The quantitative estimate of drug-likeness (QED) is 0.583. The van der Waals surface area contributed by atoms with Crippen LogP contribution in [0.4, 0.5) is 0 Å². The van der Waals surface area contributed by atoms with Crippen LogP contribution in [0.5, 0.6) is 0 Å². The molecule has 0 amide bonds. The molecule has 0 atom stereocenters. The number of aliphatic carboxylic acids is 1. The van der Waals surface area contributed by atoms with Gasteiger partial charge < -0.3 is 10.4 Å². The van der Waals surface area contributed by atoms with Crippen LogP contribution in [0, 0.1) is 0 Å². The van der Waals surface area contributed by atoms with E-state index in [-0.39, 0.29) is 6.42 Å². The summed E-state index contributed by atoms with van der Waals surface area (Å²) in [6.07, 6.45) is 6.52. The molecule has 0 rings (SSSR count). The van der Waals surface area contributed by atoms with Gasteiger partial charge in [0.25, 0.3) is 0 Å². The normalized spacial score (nSPS) is 11.7. The molecular formula is C12H25NO2S. The second kappa shape index (κ2) is 8.88. The maximum absolute atomic E-state index is 10.3. The molecular weight excluding hydrogens is 222 g/mol. The molecule has 0 fully saturated rings. The maximum Gasteiger partial charge on any atom is 0.303 e. The molecule has 0 aromatic carbocycles. The van der Waals surface area contributed by atoms with Crippen LogP contribution < -0.4 is 5.32 Å². The molecule has 0 bridgehead atoms. The van der Waals surface area contributed by atoms with Crippen molar-refractivity contribution in [3.8, 4) is 0 Å². The van der Waals surface area contributed by atoms with Crippen molar-refractivity contribution in [2.24, 2.45) is 0 Å². The summed E-state index contributed by atoms with van der Waals surface area (Å²) in [4.78, 5) is 10.3. The van der Waals surface area contributed by atoms with Gasteiger partial charge in [0.2, 0.25) is 0 Å². The largest absolute Gasteiger partial charge is 0.481 e. The molecule has 2 N–H and O–H groups in total. The van der Waals surface area contributed by atoms with Crippen molar-refractivity contribution in [2.45, 2.75) is 50.7 Å². The van der Waals surface area contributed by atoms with E-state index < -0.39 is 5.97 Å². The third-order valence-electron chi connectivity index (χ3n) is 3.16. The van der Waals surface area contributed by atoms with Gasteiger partial charge in [-0.15, -0.1) is 0 Å². The summed E-state index contributed by atoms with van der Waals surface area (Å²) in [5.41, 5.74) is 0. The first-order valence-electron chi connectivity index (χ1n) is 6.08. The lowest BCUT2D eigenvalue weighted by Crippen LogP contribution is -2.37. The molecule has 0 aromatic rings. The number of carboxylic acid groups (broad SMARTS) is 1. The van der Waals surface area contributed by atoms with E-state index in [9.17, 15) is 4.79 Å². The fourth-order valence-electron chi connectivity index (χ4n) is 1.70. The van der Waals surface area contributed by atoms with Crippen LogP contribution in [0.15, 0.2) is 0 Å². The van der Waals surface area contributed by atoms with Gasteiger partial charge in [-0.3, -0.25) is 4.79 Å². The Morgan fingerprint density at radius 2 is 1.94 bits per heavy atom. The summed E-state index contributed by atoms with van der Waals surface area (Å²) in [5, 5.41) is 11.9. The van der Waals surface area contributed by atoms with E-state index in [4.69, 9.17) is 5.11 Å². The van der Waals surface area contributed by atoms with Crippen LogP contribution in [0.25, 0.3) is 0 Å². The van der Waals surface area contributed by atoms with Crippen LogP contribution in [0.3, 0.4) is 0 Å². The lowest BCUT2D eigenvalue weighted by molar-refractivity contribution is -0.137.